The van der Waals surface area contributed by atoms with Crippen LogP contribution in [0.4, 0.5) is 11.4 Å². The first-order valence-electron chi connectivity index (χ1n) is 12.4. The maximum atomic E-state index is 14.3. The van der Waals surface area contributed by atoms with Crippen LogP contribution in [0.2, 0.25) is 0 Å². The smallest absolute Gasteiger partial charge is 0.260 e. The number of carbonyl (C=O) groups is 2. The Balaban J connectivity index is 1.49. The van der Waals surface area contributed by atoms with Gasteiger partial charge in [-0.25, -0.2) is 0 Å². The van der Waals surface area contributed by atoms with Gasteiger partial charge in [0.05, 0.1) is 5.41 Å². The summed E-state index contributed by atoms with van der Waals surface area (Å²) in [5.41, 5.74) is 4.87. The first kappa shape index (κ1) is 21.7. The molecule has 1 aromatic heterocycles. The summed E-state index contributed by atoms with van der Waals surface area (Å²) in [6.07, 6.45) is 2.27. The normalized spacial score (nSPS) is 30.0. The summed E-state index contributed by atoms with van der Waals surface area (Å²) in [7, 11) is 1.79. The van der Waals surface area contributed by atoms with Crippen molar-refractivity contribution in [2.24, 2.45) is 0 Å². The van der Waals surface area contributed by atoms with E-state index in [0.717, 1.165) is 33.4 Å². The van der Waals surface area contributed by atoms with Gasteiger partial charge in [-0.05, 0) is 35.4 Å². The lowest BCUT2D eigenvalue weighted by Crippen LogP contribution is -2.68. The molecule has 4 unspecified atom stereocenters. The van der Waals surface area contributed by atoms with Crippen molar-refractivity contribution in [1.82, 2.24) is 14.8 Å². The highest BCUT2D eigenvalue weighted by molar-refractivity contribution is 8.17. The van der Waals surface area contributed by atoms with Gasteiger partial charge in [-0.15, -0.1) is 23.5 Å². The first-order chi connectivity index (χ1) is 18.1. The van der Waals surface area contributed by atoms with Crippen LogP contribution in [0, 0.1) is 0 Å². The highest BCUT2D eigenvalue weighted by Crippen LogP contribution is 2.67. The fourth-order valence-corrected chi connectivity index (χ4v) is 10.2. The second kappa shape index (κ2) is 7.36. The van der Waals surface area contributed by atoms with Crippen LogP contribution in [-0.2, 0) is 15.0 Å². The molecule has 184 valence electrons. The molecule has 4 saturated heterocycles. The second-order valence-corrected chi connectivity index (χ2v) is 12.9. The third-order valence-electron chi connectivity index (χ3n) is 8.56. The molecule has 0 radical (unpaired) electrons. The highest BCUT2D eigenvalue weighted by Gasteiger charge is 2.74. The minimum absolute atomic E-state index is 0.0255. The van der Waals surface area contributed by atoms with Gasteiger partial charge in [0.1, 0.15) is 6.17 Å². The summed E-state index contributed by atoms with van der Waals surface area (Å²) in [5.74, 6) is 0.0590. The fourth-order valence-electron chi connectivity index (χ4n) is 7.13. The summed E-state index contributed by atoms with van der Waals surface area (Å²) < 4.78 is 0. The van der Waals surface area contributed by atoms with Gasteiger partial charge in [-0.3, -0.25) is 14.5 Å². The number of anilines is 2. The number of aromatic amines is 1. The van der Waals surface area contributed by atoms with Crippen LogP contribution in [0.5, 0.6) is 0 Å². The number of amides is 2. The zero-order valence-corrected chi connectivity index (χ0v) is 21.8. The third-order valence-corrected chi connectivity index (χ3v) is 11.4. The van der Waals surface area contributed by atoms with Crippen LogP contribution in [0.1, 0.15) is 17.5 Å². The molecule has 4 fully saturated rings. The number of benzene rings is 3. The molecule has 2 bridgehead atoms. The van der Waals surface area contributed by atoms with Crippen molar-refractivity contribution in [2.75, 3.05) is 17.0 Å². The van der Waals surface area contributed by atoms with Gasteiger partial charge in [-0.1, -0.05) is 54.6 Å². The molecule has 37 heavy (non-hydrogen) atoms. The van der Waals surface area contributed by atoms with Crippen molar-refractivity contribution in [3.8, 4) is 0 Å². The lowest BCUT2D eigenvalue weighted by atomic mass is 9.72. The number of hydrogen-bond acceptors (Lipinski definition) is 5. The van der Waals surface area contributed by atoms with E-state index >= 15 is 0 Å². The highest BCUT2D eigenvalue weighted by atomic mass is 32.2. The summed E-state index contributed by atoms with van der Waals surface area (Å²) in [4.78, 5) is 37.0. The van der Waals surface area contributed by atoms with Gasteiger partial charge >= 0.3 is 0 Å². The molecule has 2 amide bonds. The van der Waals surface area contributed by atoms with Crippen LogP contribution in [0.25, 0.3) is 10.9 Å². The van der Waals surface area contributed by atoms with E-state index in [1.54, 1.807) is 35.5 Å². The number of H-pyrrole nitrogens is 1. The molecule has 4 aromatic rings. The number of aromatic nitrogens is 1. The standard InChI is InChI=1S/C29H24N4O2S2/c1-31-25-24(34)33-26-28(16-29(33,27(31)35)37-17-36-25,21-15-30-22-13-7-5-11-19(21)22)20-12-6-8-14-23(20)32(26)18-9-3-2-4-10-18/h2-15,25-26,30H,16-17H2,1H3. The van der Waals surface area contributed by atoms with E-state index in [2.05, 4.69) is 70.7 Å². The number of fused-ring (bicyclic) bond motifs is 7. The Bertz CT molecular complexity index is 1610. The fraction of sp³-hybridized carbons (Fsp3) is 0.241. The SMILES string of the molecule is CN1C(=O)C23CC4(c5c[nH]c6ccccc56)c5ccccc5N(c5ccccc5)C4N2C(=O)C1SCS3. The second-order valence-electron chi connectivity index (χ2n) is 10.2. The number of hydrogen-bond donors (Lipinski definition) is 1. The van der Waals surface area contributed by atoms with Gasteiger partial charge in [0.15, 0.2) is 10.2 Å². The Morgan fingerprint density at radius 1 is 0.919 bits per heavy atom. The predicted octanol–water partition coefficient (Wildman–Crippen LogP) is 5.10. The zero-order valence-electron chi connectivity index (χ0n) is 20.1. The van der Waals surface area contributed by atoms with Crippen LogP contribution < -0.4 is 4.90 Å². The molecule has 1 N–H and O–H groups in total. The summed E-state index contributed by atoms with van der Waals surface area (Å²) in [6.45, 7) is 0. The number of para-hydroxylation sites is 3. The van der Waals surface area contributed by atoms with Gasteiger partial charge in [0.2, 0.25) is 0 Å². The van der Waals surface area contributed by atoms with Crippen LogP contribution in [-0.4, -0.2) is 55.1 Å². The van der Waals surface area contributed by atoms with Crippen molar-refractivity contribution in [2.45, 2.75) is 28.2 Å². The lowest BCUT2D eigenvalue weighted by Gasteiger charge is -2.47. The molecule has 1 spiro atoms. The van der Waals surface area contributed by atoms with Gasteiger partial charge in [0.25, 0.3) is 11.8 Å². The van der Waals surface area contributed by atoms with Crippen molar-refractivity contribution in [3.63, 3.8) is 0 Å². The molecule has 0 saturated carbocycles. The molecular formula is C29H24N4O2S2. The molecular weight excluding hydrogens is 500 g/mol. The van der Waals surface area contributed by atoms with E-state index in [4.69, 9.17) is 0 Å². The molecule has 6 heterocycles. The van der Waals surface area contributed by atoms with E-state index in [1.165, 1.54) is 0 Å². The Hall–Kier alpha value is -3.36. The maximum Gasteiger partial charge on any atom is 0.260 e. The minimum Gasteiger partial charge on any atom is -0.361 e. The molecule has 9 rings (SSSR count). The van der Waals surface area contributed by atoms with Crippen molar-refractivity contribution < 1.29 is 9.59 Å². The first-order valence-corrected chi connectivity index (χ1v) is 14.5. The molecule has 0 aliphatic carbocycles. The number of nitrogens with zero attached hydrogens (tertiary/aromatic N) is 3. The van der Waals surface area contributed by atoms with E-state index in [1.807, 2.05) is 29.2 Å². The Morgan fingerprint density at radius 3 is 2.54 bits per heavy atom. The van der Waals surface area contributed by atoms with Crippen molar-refractivity contribution >= 4 is 57.6 Å². The largest absolute Gasteiger partial charge is 0.361 e. The van der Waals surface area contributed by atoms with Gasteiger partial charge < -0.3 is 14.8 Å². The summed E-state index contributed by atoms with van der Waals surface area (Å²) in [6, 6.07) is 27.1. The third kappa shape index (κ3) is 2.50. The summed E-state index contributed by atoms with van der Waals surface area (Å²) >= 11 is 3.19. The molecule has 6 nitrogen and oxygen atoms in total. The molecule has 5 aliphatic rings. The van der Waals surface area contributed by atoms with Crippen LogP contribution >= 0.6 is 23.5 Å². The maximum absolute atomic E-state index is 14.3. The van der Waals surface area contributed by atoms with Gasteiger partial charge in [-0.2, -0.15) is 0 Å². The quantitative estimate of drug-likeness (QED) is 0.396. The number of piperazine rings is 1. The Labute approximate surface area is 223 Å². The van der Waals surface area contributed by atoms with E-state index in [0.29, 0.717) is 11.5 Å². The average molecular weight is 525 g/mol. The van der Waals surface area contributed by atoms with Crippen LogP contribution in [0.15, 0.2) is 85.1 Å². The Morgan fingerprint density at radius 2 is 1.68 bits per heavy atom. The average Bonchev–Trinajstić information content (AvgIpc) is 3.51. The molecule has 4 atom stereocenters. The Kier molecular flexibility index (Phi) is 4.32. The minimum atomic E-state index is -0.963. The number of carbonyl (C=O) groups excluding carboxylic acids is 2. The van der Waals surface area contributed by atoms with E-state index in [-0.39, 0.29) is 18.0 Å². The zero-order chi connectivity index (χ0) is 24.9. The van der Waals surface area contributed by atoms with E-state index in [9.17, 15) is 9.59 Å². The van der Waals surface area contributed by atoms with Gasteiger partial charge in [0, 0.05) is 47.0 Å². The molecule has 5 aliphatic heterocycles. The number of rotatable bonds is 2. The van der Waals surface area contributed by atoms with E-state index < -0.39 is 15.7 Å². The molecule has 3 aromatic carbocycles. The molecule has 8 heteroatoms. The number of likely N-dealkylation sites (N-methyl/N-ethyl adjacent to an activating group) is 1. The predicted molar refractivity (Wildman–Crippen MR) is 149 cm³/mol. The number of nitrogens with one attached hydrogen (secondary N) is 1. The topological polar surface area (TPSA) is 59.7 Å². The lowest BCUT2D eigenvalue weighted by molar-refractivity contribution is -0.157. The summed E-state index contributed by atoms with van der Waals surface area (Å²) in [5, 5.41) is 1.33. The monoisotopic (exact) mass is 524 g/mol. The van der Waals surface area contributed by atoms with Crippen molar-refractivity contribution in [3.05, 3.63) is 96.2 Å². The van der Waals surface area contributed by atoms with Crippen LogP contribution in [0.3, 0.4) is 0 Å². The number of thioether (sulfide) groups is 2. The van der Waals surface area contributed by atoms with Crippen molar-refractivity contribution in [1.29, 1.82) is 0 Å².